The Balaban J connectivity index is 1.09. The van der Waals surface area contributed by atoms with E-state index in [1.165, 1.54) is 18.4 Å². The standard InChI is InChI=1S/C37H44N8O2/c1-24-13-15-25(16-14-24)45-34(22-32(42-45)37(2,3)4)39-36(46)38-29-18-19-31(28-11-7-6-10-27(28)29)47-26-17-20-33-40-41-35(44(33)23-26)30-12-8-9-21-43(30)5/h6-7,10-11,13-17,20,22-23,29-31H,8-9,12,18-19,21H2,1-5H3,(H2,38,39,46)/t29-,30-,31+/m0/s1. The Kier molecular flexibility index (Phi) is 8.21. The van der Waals surface area contributed by atoms with Gasteiger partial charge in [0.05, 0.1) is 29.7 Å². The molecule has 1 aliphatic carbocycles. The van der Waals surface area contributed by atoms with Crippen LogP contribution >= 0.6 is 0 Å². The predicted octanol–water partition coefficient (Wildman–Crippen LogP) is 7.45. The van der Waals surface area contributed by atoms with E-state index in [9.17, 15) is 4.79 Å². The number of aryl methyl sites for hydroxylation is 1. The van der Waals surface area contributed by atoms with Gasteiger partial charge in [0, 0.05) is 11.5 Å². The molecule has 5 aromatic rings. The largest absolute Gasteiger partial charge is 0.484 e. The van der Waals surface area contributed by atoms with E-state index in [0.717, 1.165) is 65.5 Å². The minimum Gasteiger partial charge on any atom is -0.484 e. The van der Waals surface area contributed by atoms with Crippen molar-refractivity contribution in [3.05, 3.63) is 101 Å². The number of benzene rings is 2. The molecule has 1 aliphatic heterocycles. The van der Waals surface area contributed by atoms with Crippen molar-refractivity contribution in [3.8, 4) is 11.4 Å². The first kappa shape index (κ1) is 30.9. The van der Waals surface area contributed by atoms with Gasteiger partial charge in [-0.1, -0.05) is 69.2 Å². The third kappa shape index (κ3) is 6.34. The maximum absolute atomic E-state index is 13.5. The van der Waals surface area contributed by atoms with Gasteiger partial charge in [-0.05, 0) is 81.6 Å². The Hall–Kier alpha value is -4.70. The number of piperidine rings is 1. The van der Waals surface area contributed by atoms with Crippen LogP contribution in [0.5, 0.6) is 5.75 Å². The first-order valence-electron chi connectivity index (χ1n) is 16.7. The van der Waals surface area contributed by atoms with E-state index in [1.54, 1.807) is 0 Å². The summed E-state index contributed by atoms with van der Waals surface area (Å²) in [5.41, 5.74) is 5.76. The number of anilines is 1. The fraction of sp³-hybridized carbons (Fsp3) is 0.405. The quantitative estimate of drug-likeness (QED) is 0.202. The minimum atomic E-state index is -0.267. The van der Waals surface area contributed by atoms with Gasteiger partial charge in [-0.2, -0.15) is 5.10 Å². The van der Waals surface area contributed by atoms with E-state index in [2.05, 4.69) is 77.0 Å². The minimum absolute atomic E-state index is 0.139. The third-order valence-electron chi connectivity index (χ3n) is 9.49. The molecule has 2 N–H and O–H groups in total. The van der Waals surface area contributed by atoms with Crippen LogP contribution in [-0.2, 0) is 5.41 Å². The second-order valence-corrected chi connectivity index (χ2v) is 14.0. The molecular formula is C37H44N8O2. The maximum atomic E-state index is 13.5. The molecule has 4 heterocycles. The molecule has 0 spiro atoms. The van der Waals surface area contributed by atoms with Gasteiger partial charge in [-0.15, -0.1) is 10.2 Å². The van der Waals surface area contributed by atoms with E-state index >= 15 is 0 Å². The lowest BCUT2D eigenvalue weighted by Gasteiger charge is -2.32. The highest BCUT2D eigenvalue weighted by molar-refractivity contribution is 5.89. The molecule has 3 aromatic heterocycles. The highest BCUT2D eigenvalue weighted by atomic mass is 16.5. The number of carbonyl (C=O) groups excluding carboxylic acids is 1. The molecule has 10 heteroatoms. The molecule has 2 aliphatic rings. The molecule has 244 valence electrons. The fourth-order valence-corrected chi connectivity index (χ4v) is 6.80. The molecule has 2 amide bonds. The van der Waals surface area contributed by atoms with E-state index in [-0.39, 0.29) is 29.6 Å². The number of likely N-dealkylation sites (tertiary alicyclic amines) is 1. The van der Waals surface area contributed by atoms with E-state index in [4.69, 9.17) is 9.84 Å². The zero-order chi connectivity index (χ0) is 32.7. The number of pyridine rings is 1. The second kappa shape index (κ2) is 12.5. The van der Waals surface area contributed by atoms with Crippen molar-refractivity contribution in [3.63, 3.8) is 0 Å². The number of carbonyl (C=O) groups is 1. The summed E-state index contributed by atoms with van der Waals surface area (Å²) in [6.45, 7) is 9.48. The van der Waals surface area contributed by atoms with Gasteiger partial charge in [-0.25, -0.2) is 9.48 Å². The summed E-state index contributed by atoms with van der Waals surface area (Å²) in [5.74, 6) is 2.37. The molecule has 1 saturated heterocycles. The van der Waals surface area contributed by atoms with E-state index in [1.807, 2.05) is 65.5 Å². The molecular weight excluding hydrogens is 588 g/mol. The van der Waals surface area contributed by atoms with Crippen molar-refractivity contribution in [1.82, 2.24) is 34.6 Å². The fourth-order valence-electron chi connectivity index (χ4n) is 6.80. The number of fused-ring (bicyclic) bond motifs is 2. The third-order valence-corrected chi connectivity index (χ3v) is 9.49. The predicted molar refractivity (Wildman–Crippen MR) is 183 cm³/mol. The Labute approximate surface area is 276 Å². The molecule has 0 radical (unpaired) electrons. The van der Waals surface area contributed by atoms with Crippen LogP contribution in [0.1, 0.15) is 99.3 Å². The van der Waals surface area contributed by atoms with Crippen LogP contribution in [0.3, 0.4) is 0 Å². The molecule has 0 unspecified atom stereocenters. The Morgan fingerprint density at radius 2 is 1.72 bits per heavy atom. The number of ether oxygens (including phenoxy) is 1. The number of rotatable bonds is 6. The number of urea groups is 1. The van der Waals surface area contributed by atoms with Crippen LogP contribution in [0.2, 0.25) is 0 Å². The van der Waals surface area contributed by atoms with Crippen molar-refractivity contribution in [2.75, 3.05) is 18.9 Å². The van der Waals surface area contributed by atoms with Crippen LogP contribution in [0.25, 0.3) is 11.3 Å². The normalized spacial score (nSPS) is 20.1. The highest BCUT2D eigenvalue weighted by Gasteiger charge is 2.31. The van der Waals surface area contributed by atoms with E-state index < -0.39 is 0 Å². The van der Waals surface area contributed by atoms with Crippen molar-refractivity contribution in [2.45, 2.75) is 83.4 Å². The molecule has 2 aromatic carbocycles. The number of nitrogens with one attached hydrogen (secondary N) is 2. The Bertz CT molecular complexity index is 1890. The van der Waals surface area contributed by atoms with Crippen LogP contribution in [0, 0.1) is 6.92 Å². The summed E-state index contributed by atoms with van der Waals surface area (Å²) in [7, 11) is 2.16. The summed E-state index contributed by atoms with van der Waals surface area (Å²) in [6, 6.07) is 22.1. The summed E-state index contributed by atoms with van der Waals surface area (Å²) >= 11 is 0. The molecule has 7 rings (SSSR count). The van der Waals surface area contributed by atoms with Gasteiger partial charge in [0.15, 0.2) is 11.5 Å². The summed E-state index contributed by atoms with van der Waals surface area (Å²) in [6.07, 6.45) is 6.87. The number of aromatic nitrogens is 5. The zero-order valence-corrected chi connectivity index (χ0v) is 27.9. The molecule has 1 fully saturated rings. The van der Waals surface area contributed by atoms with Gasteiger partial charge in [-0.3, -0.25) is 14.6 Å². The number of nitrogens with zero attached hydrogens (tertiary/aromatic N) is 6. The van der Waals surface area contributed by atoms with Gasteiger partial charge in [0.1, 0.15) is 17.7 Å². The summed E-state index contributed by atoms with van der Waals surface area (Å²) in [5, 5.41) is 20.2. The molecule has 10 nitrogen and oxygen atoms in total. The average molecular weight is 633 g/mol. The van der Waals surface area contributed by atoms with Gasteiger partial charge in [0.2, 0.25) is 0 Å². The topological polar surface area (TPSA) is 102 Å². The highest BCUT2D eigenvalue weighted by Crippen LogP contribution is 2.39. The molecule has 0 bridgehead atoms. The van der Waals surface area contributed by atoms with Crippen molar-refractivity contribution in [1.29, 1.82) is 0 Å². The van der Waals surface area contributed by atoms with Gasteiger partial charge >= 0.3 is 6.03 Å². The lowest BCUT2D eigenvalue weighted by Crippen LogP contribution is -2.36. The SMILES string of the molecule is Cc1ccc(-n2nc(C(C)(C)C)cc2NC(=O)N[C@H]2CC[C@@H](Oc3ccc4nnc([C@@H]5CCCCN5C)n4c3)c3ccccc32)cc1. The van der Waals surface area contributed by atoms with Crippen molar-refractivity contribution in [2.24, 2.45) is 0 Å². The molecule has 3 atom stereocenters. The van der Waals surface area contributed by atoms with Gasteiger partial charge in [0.25, 0.3) is 0 Å². The number of hydrogen-bond donors (Lipinski definition) is 2. The number of amides is 2. The van der Waals surface area contributed by atoms with Crippen LogP contribution in [-0.4, -0.2) is 48.9 Å². The lowest BCUT2D eigenvalue weighted by atomic mass is 9.85. The van der Waals surface area contributed by atoms with Crippen LogP contribution in [0.15, 0.2) is 72.9 Å². The van der Waals surface area contributed by atoms with Crippen LogP contribution < -0.4 is 15.4 Å². The lowest BCUT2D eigenvalue weighted by molar-refractivity contribution is 0.170. The maximum Gasteiger partial charge on any atom is 0.320 e. The summed E-state index contributed by atoms with van der Waals surface area (Å²) < 4.78 is 10.5. The van der Waals surface area contributed by atoms with Gasteiger partial charge < -0.3 is 10.1 Å². The zero-order valence-electron chi connectivity index (χ0n) is 27.9. The van der Waals surface area contributed by atoms with E-state index in [0.29, 0.717) is 5.82 Å². The van der Waals surface area contributed by atoms with Crippen molar-refractivity contribution >= 4 is 17.5 Å². The molecule has 0 saturated carbocycles. The van der Waals surface area contributed by atoms with Crippen molar-refractivity contribution < 1.29 is 9.53 Å². The number of hydrogen-bond acceptors (Lipinski definition) is 6. The monoisotopic (exact) mass is 632 g/mol. The Morgan fingerprint density at radius 1 is 0.936 bits per heavy atom. The molecule has 47 heavy (non-hydrogen) atoms. The summed E-state index contributed by atoms with van der Waals surface area (Å²) in [4.78, 5) is 15.9. The first-order chi connectivity index (χ1) is 22.6. The first-order valence-corrected chi connectivity index (χ1v) is 16.7. The second-order valence-electron chi connectivity index (χ2n) is 14.0. The van der Waals surface area contributed by atoms with Crippen LogP contribution in [0.4, 0.5) is 10.6 Å². The smallest absolute Gasteiger partial charge is 0.320 e. The Morgan fingerprint density at radius 3 is 2.49 bits per heavy atom. The average Bonchev–Trinajstić information content (AvgIpc) is 3.67.